The maximum atomic E-state index is 12.6. The molecule has 1 N–H and O–H groups in total. The largest absolute Gasteiger partial charge is 1.00 e. The van der Waals surface area contributed by atoms with Crippen LogP contribution in [0.4, 0.5) is 0 Å². The van der Waals surface area contributed by atoms with Crippen LogP contribution >= 0.6 is 0 Å². The van der Waals surface area contributed by atoms with Crippen molar-refractivity contribution in [2.24, 2.45) is 46.3 Å². The van der Waals surface area contributed by atoms with Crippen LogP contribution in [0.3, 0.4) is 0 Å². The van der Waals surface area contributed by atoms with E-state index in [-0.39, 0.29) is 46.3 Å². The Hall–Kier alpha value is 0.240. The molecule has 0 aliphatic heterocycles. The summed E-state index contributed by atoms with van der Waals surface area (Å²) in [6, 6.07) is 0. The number of fused-ring (bicyclic) bond motifs is 5. The van der Waals surface area contributed by atoms with E-state index >= 15 is 0 Å². The molecule has 0 amide bonds. The van der Waals surface area contributed by atoms with Crippen molar-refractivity contribution in [2.75, 3.05) is 0 Å². The molecule has 0 aromatic heterocycles. The quantitative estimate of drug-likeness (QED) is 0.239. The molecule has 0 spiro atoms. The number of carbonyl (C=O) groups is 1. The first-order valence-corrected chi connectivity index (χ1v) is 14.6. The zero-order valence-corrected chi connectivity index (χ0v) is 25.3. The first-order valence-electron chi connectivity index (χ1n) is 13.3. The first kappa shape index (κ1) is 29.8. The first-order chi connectivity index (χ1) is 15.7. The molecule has 9 atom stereocenters. The third-order valence-electron chi connectivity index (χ3n) is 10.2. The predicted octanol–water partition coefficient (Wildman–Crippen LogP) is 2.03. The van der Waals surface area contributed by atoms with Crippen molar-refractivity contribution in [3.8, 4) is 0 Å². The van der Waals surface area contributed by atoms with Crippen molar-refractivity contribution in [1.82, 2.24) is 0 Å². The Bertz CT molecular complexity index is 932. The Labute approximate surface area is 234 Å². The number of Topliss-reactive ketones (excluding diaryl/α,β-unsaturated/α-hetero) is 1. The van der Waals surface area contributed by atoms with Crippen LogP contribution < -0.4 is 29.6 Å². The van der Waals surface area contributed by atoms with E-state index in [2.05, 4.69) is 40.7 Å². The number of allylic oxidation sites excluding steroid dienone is 2. The van der Waals surface area contributed by atoms with Gasteiger partial charge in [-0.15, -0.1) is 0 Å². The minimum absolute atomic E-state index is 0. The summed E-state index contributed by atoms with van der Waals surface area (Å²) in [6.45, 7) is 11.1. The van der Waals surface area contributed by atoms with Crippen molar-refractivity contribution in [3.63, 3.8) is 0 Å². The minimum Gasteiger partial charge on any atom is -0.726 e. The Morgan fingerprint density at radius 2 is 1.83 bits per heavy atom. The number of hydrogen-bond donors (Lipinski definition) is 1. The normalized spacial score (nSPS) is 41.8. The zero-order chi connectivity index (χ0) is 25.1. The van der Waals surface area contributed by atoms with Gasteiger partial charge in [0.15, 0.2) is 0 Å². The molecule has 8 heteroatoms. The fourth-order valence-electron chi connectivity index (χ4n) is 8.80. The molecular formula is C27H43NaO6S. The molecule has 194 valence electrons. The second kappa shape index (κ2) is 10.8. The number of hydrogen-bond acceptors (Lipinski definition) is 6. The van der Waals surface area contributed by atoms with Gasteiger partial charge in [0.05, 0.1) is 12.2 Å². The van der Waals surface area contributed by atoms with Crippen LogP contribution in [0.5, 0.6) is 0 Å². The molecule has 0 aromatic rings. The SMILES string of the molecule is CC(C)CC(=O)C[C@H](C)C1CCC2C3C[C@H](O)C4C[C@@H](OS(=O)(=O)[O-])CC[C@]4(C)C3=CC[C@@]21C.[Na+]. The second-order valence-electron chi connectivity index (χ2n) is 12.8. The van der Waals surface area contributed by atoms with Gasteiger partial charge in [0.1, 0.15) is 5.78 Å². The molecule has 35 heavy (non-hydrogen) atoms. The van der Waals surface area contributed by atoms with E-state index in [9.17, 15) is 22.9 Å². The van der Waals surface area contributed by atoms with Gasteiger partial charge in [0.25, 0.3) is 0 Å². The van der Waals surface area contributed by atoms with Gasteiger partial charge in [-0.25, -0.2) is 8.42 Å². The van der Waals surface area contributed by atoms with Crippen LogP contribution in [-0.4, -0.2) is 36.1 Å². The fourth-order valence-corrected chi connectivity index (χ4v) is 9.31. The van der Waals surface area contributed by atoms with E-state index in [0.29, 0.717) is 67.5 Å². The van der Waals surface area contributed by atoms with Crippen LogP contribution in [-0.2, 0) is 19.4 Å². The van der Waals surface area contributed by atoms with Gasteiger partial charge in [-0.1, -0.05) is 46.3 Å². The van der Waals surface area contributed by atoms with E-state index in [1.54, 1.807) is 0 Å². The van der Waals surface area contributed by atoms with Crippen molar-refractivity contribution >= 4 is 16.2 Å². The Morgan fingerprint density at radius 3 is 2.46 bits per heavy atom. The molecule has 0 saturated heterocycles. The molecule has 4 unspecified atom stereocenters. The van der Waals surface area contributed by atoms with Crippen LogP contribution in [0.1, 0.15) is 92.4 Å². The molecule has 6 nitrogen and oxygen atoms in total. The molecule has 3 saturated carbocycles. The van der Waals surface area contributed by atoms with Crippen LogP contribution in [0.25, 0.3) is 0 Å². The summed E-state index contributed by atoms with van der Waals surface area (Å²) >= 11 is 0. The smallest absolute Gasteiger partial charge is 0.726 e. The molecule has 0 bridgehead atoms. The van der Waals surface area contributed by atoms with E-state index < -0.39 is 22.6 Å². The summed E-state index contributed by atoms with van der Waals surface area (Å²) in [5, 5.41) is 11.3. The van der Waals surface area contributed by atoms with Crippen molar-refractivity contribution < 1.29 is 56.6 Å². The predicted molar refractivity (Wildman–Crippen MR) is 129 cm³/mol. The van der Waals surface area contributed by atoms with Crippen LogP contribution in [0.15, 0.2) is 11.6 Å². The number of rotatable bonds is 7. The average Bonchev–Trinajstić information content (AvgIpc) is 3.05. The van der Waals surface area contributed by atoms with Gasteiger partial charge in [-0.3, -0.25) is 8.98 Å². The van der Waals surface area contributed by atoms with Crippen LogP contribution in [0, 0.1) is 46.3 Å². The number of carbonyl (C=O) groups excluding carboxylic acids is 1. The fraction of sp³-hybridized carbons (Fsp3) is 0.889. The molecule has 4 rings (SSSR count). The molecule has 3 fully saturated rings. The molecular weight excluding hydrogens is 475 g/mol. The summed E-state index contributed by atoms with van der Waals surface area (Å²) in [4.78, 5) is 12.6. The van der Waals surface area contributed by atoms with Gasteiger partial charge >= 0.3 is 29.6 Å². The number of ketones is 1. The maximum Gasteiger partial charge on any atom is 1.00 e. The Kier molecular flexibility index (Phi) is 9.18. The van der Waals surface area contributed by atoms with Gasteiger partial charge in [-0.2, -0.15) is 0 Å². The maximum absolute atomic E-state index is 12.6. The number of aliphatic hydroxyl groups is 1. The third kappa shape index (κ3) is 5.81. The van der Waals surface area contributed by atoms with Gasteiger partial charge in [-0.05, 0) is 91.3 Å². The van der Waals surface area contributed by atoms with Gasteiger partial charge in [0, 0.05) is 12.8 Å². The third-order valence-corrected chi connectivity index (χ3v) is 10.7. The van der Waals surface area contributed by atoms with E-state index in [4.69, 9.17) is 4.18 Å². The summed E-state index contributed by atoms with van der Waals surface area (Å²) in [6.07, 6.45) is 8.22. The molecule has 4 aliphatic carbocycles. The molecule has 0 aromatic carbocycles. The molecule has 4 aliphatic rings. The van der Waals surface area contributed by atoms with E-state index in [1.807, 2.05) is 0 Å². The summed E-state index contributed by atoms with van der Waals surface area (Å²) in [5.74, 6) is 2.41. The van der Waals surface area contributed by atoms with Gasteiger partial charge < -0.3 is 9.66 Å². The summed E-state index contributed by atoms with van der Waals surface area (Å²) in [7, 11) is -4.74. The minimum atomic E-state index is -4.74. The molecule has 0 radical (unpaired) electrons. The Balaban J connectivity index is 0.00000342. The standard InChI is InChI=1S/C27H44O6S.Na/c1-16(2)12-18(28)13-17(3)21-6-7-22-20-15-25(29)24-14-19(33-34(30,31)32)8-10-27(24,5)23(20)9-11-26(21,22)4;/h9,16-17,19-22,24-25,29H,6-8,10-15H2,1-5H3,(H,30,31,32);/q;+1/p-1/t17-,19-,20?,21?,22?,24?,25-,26+,27+;/m0./s1. The average molecular weight is 519 g/mol. The van der Waals surface area contributed by atoms with E-state index in [0.717, 1.165) is 25.7 Å². The van der Waals surface area contributed by atoms with Crippen molar-refractivity contribution in [3.05, 3.63) is 11.6 Å². The second-order valence-corrected chi connectivity index (χ2v) is 13.8. The number of aliphatic hydroxyl groups excluding tert-OH is 1. The molecule has 0 heterocycles. The van der Waals surface area contributed by atoms with Crippen molar-refractivity contribution in [1.29, 1.82) is 0 Å². The zero-order valence-electron chi connectivity index (χ0n) is 22.5. The summed E-state index contributed by atoms with van der Waals surface area (Å²) < 4.78 is 38.2. The topological polar surface area (TPSA) is 104 Å². The monoisotopic (exact) mass is 518 g/mol. The van der Waals surface area contributed by atoms with Crippen molar-refractivity contribution in [2.45, 2.75) is 105 Å². The van der Waals surface area contributed by atoms with Crippen LogP contribution in [0.2, 0.25) is 0 Å². The van der Waals surface area contributed by atoms with Gasteiger partial charge in [0.2, 0.25) is 10.4 Å². The Morgan fingerprint density at radius 1 is 1.14 bits per heavy atom. The van der Waals surface area contributed by atoms with E-state index in [1.165, 1.54) is 5.57 Å². The summed E-state index contributed by atoms with van der Waals surface area (Å²) in [5.41, 5.74) is 1.40.